The molecule has 0 heterocycles. The topological polar surface area (TPSA) is 120 Å². The van der Waals surface area contributed by atoms with Crippen molar-refractivity contribution in [2.24, 2.45) is 0 Å². The fourth-order valence-electron chi connectivity index (χ4n) is 3.25. The molecule has 29 heavy (non-hydrogen) atoms. The van der Waals surface area contributed by atoms with Crippen LogP contribution in [0.1, 0.15) is 50.2 Å². The van der Waals surface area contributed by atoms with Crippen molar-refractivity contribution in [3.8, 4) is 11.1 Å². The molecule has 6 nitrogen and oxygen atoms in total. The quantitative estimate of drug-likeness (QED) is 0.302. The van der Waals surface area contributed by atoms with E-state index in [1.54, 1.807) is 0 Å². The molecule has 0 N–H and O–H groups in total. The Kier molecular flexibility index (Phi) is 8.61. The molecule has 8 heteroatoms. The van der Waals surface area contributed by atoms with Crippen molar-refractivity contribution >= 4 is 17.7 Å². The Morgan fingerprint density at radius 3 is 1.66 bits per heavy atom. The Morgan fingerprint density at radius 2 is 1.28 bits per heavy atom. The zero-order valence-electron chi connectivity index (χ0n) is 16.5. The molecule has 0 bridgehead atoms. The molecule has 160 valence electrons. The number of hydrogen-bond donors (Lipinski definition) is 0. The number of hydrogen-bond acceptors (Lipinski definition) is 6. The summed E-state index contributed by atoms with van der Waals surface area (Å²) in [6.07, 6.45) is 4.70. The second-order valence-electron chi connectivity index (χ2n) is 7.23. The van der Waals surface area contributed by atoms with E-state index in [0.717, 1.165) is 23.1 Å². The molecule has 2 aromatic rings. The van der Waals surface area contributed by atoms with E-state index in [9.17, 15) is 27.3 Å². The van der Waals surface area contributed by atoms with E-state index >= 15 is 0 Å². The average molecular weight is 437 g/mol. The van der Waals surface area contributed by atoms with E-state index < -0.39 is 29.1 Å². The van der Waals surface area contributed by atoms with Crippen LogP contribution in [0.2, 0.25) is 0 Å². The molecule has 0 radical (unpaired) electrons. The van der Waals surface area contributed by atoms with Gasteiger partial charge in [-0.15, -0.1) is 0 Å². The molecule has 2 aromatic carbocycles. The van der Waals surface area contributed by atoms with Crippen LogP contribution in [0, 0.1) is 0 Å². The van der Waals surface area contributed by atoms with Crippen LogP contribution in [0.25, 0.3) is 11.1 Å². The lowest BCUT2D eigenvalue weighted by atomic mass is 9.99. The predicted octanol–water partition coefficient (Wildman–Crippen LogP) is 3.19. The van der Waals surface area contributed by atoms with E-state index in [1.165, 1.54) is 24.8 Å². The molecule has 1 unspecified atom stereocenters. The zero-order chi connectivity index (χ0) is 21.5. The molecule has 0 aliphatic heterocycles. The SMILES string of the molecule is CCCCCc1ccc(-c2ccc(CCCC(P(=O)([O-])[O-])S(=O)(=O)[O-])cc2)cc1. The van der Waals surface area contributed by atoms with Gasteiger partial charge in [0.15, 0.2) is 0 Å². The number of benzene rings is 2. The van der Waals surface area contributed by atoms with E-state index in [2.05, 4.69) is 31.2 Å². The highest BCUT2D eigenvalue weighted by Gasteiger charge is 2.19. The second-order valence-corrected chi connectivity index (χ2v) is 10.8. The number of unbranched alkanes of at least 4 members (excludes halogenated alkanes) is 2. The van der Waals surface area contributed by atoms with Gasteiger partial charge in [-0.2, -0.15) is 0 Å². The Bertz CT molecular complexity index is 917. The lowest BCUT2D eigenvalue weighted by Gasteiger charge is -2.39. The van der Waals surface area contributed by atoms with Gasteiger partial charge in [0.25, 0.3) is 0 Å². The van der Waals surface area contributed by atoms with Gasteiger partial charge in [0, 0.05) is 0 Å². The largest absolute Gasteiger partial charge is 0.810 e. The number of aryl methyl sites for hydroxylation is 2. The van der Waals surface area contributed by atoms with Crippen molar-refractivity contribution in [2.45, 2.75) is 56.9 Å². The Labute approximate surface area is 172 Å². The summed E-state index contributed by atoms with van der Waals surface area (Å²) in [7, 11) is -10.6. The van der Waals surface area contributed by atoms with Crippen LogP contribution in [-0.4, -0.2) is 18.0 Å². The minimum atomic E-state index is -5.48. The van der Waals surface area contributed by atoms with Crippen LogP contribution < -0.4 is 9.79 Å². The minimum absolute atomic E-state index is 0.117. The summed E-state index contributed by atoms with van der Waals surface area (Å²) in [6.45, 7) is 2.18. The maximum Gasteiger partial charge on any atom is 0.102 e. The zero-order valence-corrected chi connectivity index (χ0v) is 18.2. The molecular formula is C21H26O6PS-3. The standard InChI is InChI=1S/C21H29O6PS/c1-2-3-4-6-17-9-13-19(14-10-17)20-15-11-18(12-16-20)7-5-8-21(28(22,23)24)29(25,26)27/h9-16,21H,2-8H2,1H3,(H2,22,23,24)(H,25,26,27)/p-3. The van der Waals surface area contributed by atoms with Crippen molar-refractivity contribution < 1.29 is 27.3 Å². The third-order valence-electron chi connectivity index (χ3n) is 4.91. The van der Waals surface area contributed by atoms with Gasteiger partial charge in [-0.3, -0.25) is 0 Å². The van der Waals surface area contributed by atoms with Gasteiger partial charge in [0.1, 0.15) is 10.1 Å². The molecule has 0 spiro atoms. The van der Waals surface area contributed by atoms with Crippen LogP contribution in [0.15, 0.2) is 48.5 Å². The minimum Gasteiger partial charge on any atom is -0.810 e. The van der Waals surface area contributed by atoms with Crippen LogP contribution in [0.5, 0.6) is 0 Å². The van der Waals surface area contributed by atoms with Crippen LogP contribution in [0.4, 0.5) is 0 Å². The van der Waals surface area contributed by atoms with E-state index in [4.69, 9.17) is 0 Å². The molecule has 0 aromatic heterocycles. The van der Waals surface area contributed by atoms with E-state index in [0.29, 0.717) is 6.42 Å². The van der Waals surface area contributed by atoms with Crippen LogP contribution >= 0.6 is 7.60 Å². The first-order valence-corrected chi connectivity index (χ1v) is 12.8. The first-order valence-electron chi connectivity index (χ1n) is 9.76. The third kappa shape index (κ3) is 7.68. The summed E-state index contributed by atoms with van der Waals surface area (Å²) in [6, 6.07) is 16.1. The van der Waals surface area contributed by atoms with Crippen molar-refractivity contribution in [3.05, 3.63) is 59.7 Å². The first kappa shape index (κ1) is 23.8. The third-order valence-corrected chi connectivity index (χ3v) is 8.33. The van der Waals surface area contributed by atoms with Gasteiger partial charge in [-0.1, -0.05) is 75.9 Å². The van der Waals surface area contributed by atoms with E-state index in [1.807, 2.05) is 24.3 Å². The highest BCUT2D eigenvalue weighted by molar-refractivity contribution is 7.93. The van der Waals surface area contributed by atoms with Gasteiger partial charge in [-0.05, 0) is 54.4 Å². The smallest absolute Gasteiger partial charge is 0.102 e. The fraction of sp³-hybridized carbons (Fsp3) is 0.429. The molecule has 2 rings (SSSR count). The first-order chi connectivity index (χ1) is 13.6. The summed E-state index contributed by atoms with van der Waals surface area (Å²) < 4.78 is 44.0. The van der Waals surface area contributed by atoms with Crippen molar-refractivity contribution in [1.82, 2.24) is 0 Å². The maximum absolute atomic E-state index is 11.0. The number of rotatable bonds is 11. The molecule has 0 saturated heterocycles. The molecule has 0 amide bonds. The molecular weight excluding hydrogens is 411 g/mol. The van der Waals surface area contributed by atoms with Gasteiger partial charge < -0.3 is 18.9 Å². The van der Waals surface area contributed by atoms with Gasteiger partial charge in [0.2, 0.25) is 0 Å². The van der Waals surface area contributed by atoms with Crippen LogP contribution in [0.3, 0.4) is 0 Å². The van der Waals surface area contributed by atoms with E-state index in [-0.39, 0.29) is 6.42 Å². The highest BCUT2D eigenvalue weighted by atomic mass is 32.2. The molecule has 0 fully saturated rings. The molecule has 0 aliphatic carbocycles. The van der Waals surface area contributed by atoms with Crippen LogP contribution in [-0.2, 0) is 27.5 Å². The lowest BCUT2D eigenvalue weighted by molar-refractivity contribution is -0.314. The average Bonchev–Trinajstić information content (AvgIpc) is 2.64. The fourth-order valence-corrected chi connectivity index (χ4v) is 5.47. The Hall–Kier alpha value is -1.50. The normalized spacial score (nSPS) is 13.4. The molecule has 0 aliphatic rings. The lowest BCUT2D eigenvalue weighted by Crippen LogP contribution is -2.32. The Morgan fingerprint density at radius 1 is 0.828 bits per heavy atom. The summed E-state index contributed by atoms with van der Waals surface area (Å²) in [5.41, 5.74) is 4.32. The monoisotopic (exact) mass is 437 g/mol. The van der Waals surface area contributed by atoms with Crippen molar-refractivity contribution in [1.29, 1.82) is 0 Å². The summed E-state index contributed by atoms with van der Waals surface area (Å²) in [4.78, 5) is 19.6. The highest BCUT2D eigenvalue weighted by Crippen LogP contribution is 2.38. The molecule has 1 atom stereocenters. The summed E-state index contributed by atoms with van der Waals surface area (Å²) >= 11 is 0. The predicted molar refractivity (Wildman–Crippen MR) is 109 cm³/mol. The van der Waals surface area contributed by atoms with Gasteiger partial charge in [0.05, 0.1) is 4.99 Å². The summed E-state index contributed by atoms with van der Waals surface area (Å²) in [5, 5.41) is 0. The maximum atomic E-state index is 11.0. The molecule has 0 saturated carbocycles. The summed E-state index contributed by atoms with van der Waals surface area (Å²) in [5.74, 6) is 0. The van der Waals surface area contributed by atoms with Crippen molar-refractivity contribution in [2.75, 3.05) is 0 Å². The second kappa shape index (κ2) is 10.5. The van der Waals surface area contributed by atoms with Gasteiger partial charge >= 0.3 is 0 Å². The van der Waals surface area contributed by atoms with Gasteiger partial charge in [-0.25, -0.2) is 8.42 Å². The van der Waals surface area contributed by atoms with Crippen molar-refractivity contribution in [3.63, 3.8) is 0 Å². The Balaban J connectivity index is 1.94.